The smallest absolute Gasteiger partial charge is 0.339 e. The summed E-state index contributed by atoms with van der Waals surface area (Å²) in [5, 5.41) is 5.88. The summed E-state index contributed by atoms with van der Waals surface area (Å²) in [7, 11) is 0. The Bertz CT molecular complexity index is 984. The monoisotopic (exact) mass is 414 g/mol. The quantitative estimate of drug-likeness (QED) is 0.435. The molecule has 0 saturated carbocycles. The minimum Gasteiger partial charge on any atom is -0.339 e. The molecule has 3 rings (SSSR count). The van der Waals surface area contributed by atoms with E-state index in [1.54, 1.807) is 12.1 Å². The Morgan fingerprint density at radius 1 is 0.967 bits per heavy atom. The van der Waals surface area contributed by atoms with Crippen LogP contribution in [-0.4, -0.2) is 9.97 Å². The van der Waals surface area contributed by atoms with Crippen molar-refractivity contribution >= 4 is 23.1 Å². The van der Waals surface area contributed by atoms with E-state index in [0.717, 1.165) is 30.2 Å². The van der Waals surface area contributed by atoms with Crippen LogP contribution in [0.1, 0.15) is 49.8 Å². The van der Waals surface area contributed by atoms with E-state index in [9.17, 15) is 13.2 Å². The summed E-state index contributed by atoms with van der Waals surface area (Å²) in [6.45, 7) is 6.13. The van der Waals surface area contributed by atoms with Gasteiger partial charge in [-0.25, -0.2) is 4.98 Å². The average Bonchev–Trinajstić information content (AvgIpc) is 2.73. The van der Waals surface area contributed by atoms with E-state index in [-0.39, 0.29) is 17.7 Å². The highest BCUT2D eigenvalue weighted by Crippen LogP contribution is 2.37. The van der Waals surface area contributed by atoms with Gasteiger partial charge in [0.05, 0.1) is 0 Å². The van der Waals surface area contributed by atoms with Crippen molar-refractivity contribution in [1.29, 1.82) is 0 Å². The summed E-state index contributed by atoms with van der Waals surface area (Å²) in [6, 6.07) is 15.0. The maximum Gasteiger partial charge on any atom is 0.421 e. The third kappa shape index (κ3) is 5.09. The molecule has 158 valence electrons. The van der Waals surface area contributed by atoms with E-state index >= 15 is 0 Å². The number of nitrogens with one attached hydrogen (secondary N) is 2. The first kappa shape index (κ1) is 21.6. The molecule has 2 aromatic carbocycles. The molecule has 0 aliphatic heterocycles. The van der Waals surface area contributed by atoms with Crippen LogP contribution in [0.2, 0.25) is 0 Å². The van der Waals surface area contributed by atoms with E-state index in [2.05, 4.69) is 27.5 Å². The van der Waals surface area contributed by atoms with Crippen LogP contribution in [0.15, 0.2) is 54.7 Å². The molecule has 0 fully saturated rings. The standard InChI is InChI=1S/C23H25F3N4/c1-4-15(3)18-8-6-7-9-20(18)29-21-19(23(24,25)26)14-27-22(30-21)28-17-12-10-16(5-2)11-13-17/h6-15H,4-5H2,1-3H3,(H2,27,28,29,30). The van der Waals surface area contributed by atoms with E-state index in [4.69, 9.17) is 0 Å². The molecule has 0 saturated heterocycles. The Balaban J connectivity index is 1.96. The largest absolute Gasteiger partial charge is 0.421 e. The Hall–Kier alpha value is -3.09. The van der Waals surface area contributed by atoms with Crippen LogP contribution in [0.25, 0.3) is 0 Å². The highest BCUT2D eigenvalue weighted by molar-refractivity contribution is 5.66. The Morgan fingerprint density at radius 2 is 1.67 bits per heavy atom. The number of hydrogen-bond donors (Lipinski definition) is 2. The molecule has 7 heteroatoms. The summed E-state index contributed by atoms with van der Waals surface area (Å²) < 4.78 is 40.7. The molecule has 0 bridgehead atoms. The number of aromatic nitrogens is 2. The molecule has 0 amide bonds. The zero-order valence-electron chi connectivity index (χ0n) is 17.2. The molecule has 2 N–H and O–H groups in total. The first-order valence-electron chi connectivity index (χ1n) is 9.98. The molecular weight excluding hydrogens is 389 g/mol. The van der Waals surface area contributed by atoms with E-state index < -0.39 is 11.7 Å². The maximum absolute atomic E-state index is 13.6. The second-order valence-electron chi connectivity index (χ2n) is 7.15. The highest BCUT2D eigenvalue weighted by atomic mass is 19.4. The van der Waals surface area contributed by atoms with Gasteiger partial charge in [0, 0.05) is 17.6 Å². The summed E-state index contributed by atoms with van der Waals surface area (Å²) in [5.41, 5.74) is 2.51. The summed E-state index contributed by atoms with van der Waals surface area (Å²) >= 11 is 0. The number of alkyl halides is 3. The van der Waals surface area contributed by atoms with Crippen LogP contribution in [0.5, 0.6) is 0 Å². The molecule has 4 nitrogen and oxygen atoms in total. The second-order valence-corrected chi connectivity index (χ2v) is 7.15. The van der Waals surface area contributed by atoms with Gasteiger partial charge in [-0.3, -0.25) is 0 Å². The number of para-hydroxylation sites is 1. The van der Waals surface area contributed by atoms with Crippen LogP contribution < -0.4 is 10.6 Å². The minimum atomic E-state index is -4.57. The van der Waals surface area contributed by atoms with Crippen molar-refractivity contribution in [2.45, 2.75) is 45.7 Å². The molecule has 1 atom stereocenters. The fourth-order valence-corrected chi connectivity index (χ4v) is 3.09. The van der Waals surface area contributed by atoms with Gasteiger partial charge in [-0.15, -0.1) is 0 Å². The van der Waals surface area contributed by atoms with Crippen molar-refractivity contribution in [2.24, 2.45) is 0 Å². The molecule has 1 unspecified atom stereocenters. The van der Waals surface area contributed by atoms with Crippen LogP contribution in [0.4, 0.5) is 36.3 Å². The third-order valence-electron chi connectivity index (χ3n) is 5.07. The van der Waals surface area contributed by atoms with Crippen LogP contribution in [-0.2, 0) is 12.6 Å². The second kappa shape index (κ2) is 9.15. The van der Waals surface area contributed by atoms with E-state index in [1.165, 1.54) is 0 Å². The molecular formula is C23H25F3N4. The zero-order valence-corrected chi connectivity index (χ0v) is 17.2. The van der Waals surface area contributed by atoms with Gasteiger partial charge in [-0.1, -0.05) is 51.1 Å². The SMILES string of the molecule is CCc1ccc(Nc2ncc(C(F)(F)F)c(Nc3ccccc3C(C)CC)n2)cc1. The summed E-state index contributed by atoms with van der Waals surface area (Å²) in [5.74, 6) is 0.0104. The molecule has 3 aromatic rings. The number of anilines is 4. The van der Waals surface area contributed by atoms with Crippen LogP contribution in [0, 0.1) is 0 Å². The van der Waals surface area contributed by atoms with Gasteiger partial charge >= 0.3 is 6.18 Å². The minimum absolute atomic E-state index is 0.0933. The van der Waals surface area contributed by atoms with Crippen molar-refractivity contribution < 1.29 is 13.2 Å². The Labute approximate surface area is 174 Å². The number of hydrogen-bond acceptors (Lipinski definition) is 4. The molecule has 0 radical (unpaired) electrons. The van der Waals surface area contributed by atoms with Crippen molar-refractivity contribution in [2.75, 3.05) is 10.6 Å². The molecule has 1 aromatic heterocycles. The van der Waals surface area contributed by atoms with Gasteiger partial charge < -0.3 is 10.6 Å². The molecule has 30 heavy (non-hydrogen) atoms. The Kier molecular flexibility index (Phi) is 6.59. The van der Waals surface area contributed by atoms with Crippen LogP contribution in [0.3, 0.4) is 0 Å². The lowest BCUT2D eigenvalue weighted by molar-refractivity contribution is -0.137. The lowest BCUT2D eigenvalue weighted by Gasteiger charge is -2.19. The Morgan fingerprint density at radius 3 is 2.30 bits per heavy atom. The number of nitrogens with zero attached hydrogens (tertiary/aromatic N) is 2. The van der Waals surface area contributed by atoms with Crippen molar-refractivity contribution in [3.63, 3.8) is 0 Å². The average molecular weight is 414 g/mol. The van der Waals surface area contributed by atoms with E-state index in [1.807, 2.05) is 50.2 Å². The van der Waals surface area contributed by atoms with Gasteiger partial charge in [0.1, 0.15) is 11.4 Å². The van der Waals surface area contributed by atoms with Gasteiger partial charge in [-0.05, 0) is 48.1 Å². The zero-order chi connectivity index (χ0) is 21.7. The van der Waals surface area contributed by atoms with Crippen molar-refractivity contribution in [1.82, 2.24) is 9.97 Å². The van der Waals surface area contributed by atoms with Gasteiger partial charge in [0.25, 0.3) is 0 Å². The number of halogens is 3. The lowest BCUT2D eigenvalue weighted by Crippen LogP contribution is -2.13. The number of aryl methyl sites for hydroxylation is 1. The lowest BCUT2D eigenvalue weighted by atomic mass is 9.97. The predicted molar refractivity (Wildman–Crippen MR) is 115 cm³/mol. The van der Waals surface area contributed by atoms with Crippen LogP contribution >= 0.6 is 0 Å². The maximum atomic E-state index is 13.6. The fourth-order valence-electron chi connectivity index (χ4n) is 3.09. The number of benzene rings is 2. The highest BCUT2D eigenvalue weighted by Gasteiger charge is 2.35. The van der Waals surface area contributed by atoms with Gasteiger partial charge in [0.2, 0.25) is 5.95 Å². The topological polar surface area (TPSA) is 49.8 Å². The molecule has 0 aliphatic carbocycles. The van der Waals surface area contributed by atoms with Gasteiger partial charge in [-0.2, -0.15) is 18.2 Å². The molecule has 1 heterocycles. The van der Waals surface area contributed by atoms with Gasteiger partial charge in [0.15, 0.2) is 0 Å². The summed E-state index contributed by atoms with van der Waals surface area (Å²) in [4.78, 5) is 8.02. The molecule has 0 aliphatic rings. The van der Waals surface area contributed by atoms with E-state index in [0.29, 0.717) is 11.4 Å². The fraction of sp³-hybridized carbons (Fsp3) is 0.304. The summed E-state index contributed by atoms with van der Waals surface area (Å²) in [6.07, 6.45) is -1.99. The van der Waals surface area contributed by atoms with Crippen molar-refractivity contribution in [3.05, 3.63) is 71.4 Å². The van der Waals surface area contributed by atoms with Crippen molar-refractivity contribution in [3.8, 4) is 0 Å². The first-order valence-corrected chi connectivity index (χ1v) is 9.98. The number of rotatable bonds is 7. The predicted octanol–water partition coefficient (Wildman–Crippen LogP) is 7.06. The molecule has 0 spiro atoms. The normalized spacial score (nSPS) is 12.5. The first-order chi connectivity index (χ1) is 14.3. The third-order valence-corrected chi connectivity index (χ3v) is 5.07.